The van der Waals surface area contributed by atoms with Gasteiger partial charge in [0.05, 0.1) is 26.4 Å². The first-order chi connectivity index (χ1) is 45.7. The normalized spacial score (nSPS) is 14.1. The van der Waals surface area contributed by atoms with Gasteiger partial charge in [0.25, 0.3) is 0 Å². The van der Waals surface area contributed by atoms with E-state index in [9.17, 15) is 43.2 Å². The van der Waals surface area contributed by atoms with Crippen LogP contribution in [-0.2, 0) is 65.4 Å². The quantitative estimate of drug-likeness (QED) is 0.0222. The Balaban J connectivity index is 5.16. The highest BCUT2D eigenvalue weighted by Crippen LogP contribution is 2.45. The van der Waals surface area contributed by atoms with Crippen molar-refractivity contribution in [3.8, 4) is 0 Å². The van der Waals surface area contributed by atoms with Crippen molar-refractivity contribution < 1.29 is 80.2 Å². The van der Waals surface area contributed by atoms with E-state index in [0.29, 0.717) is 31.6 Å². The number of phosphoric ester groups is 2. The van der Waals surface area contributed by atoms with Gasteiger partial charge in [0.1, 0.15) is 19.3 Å². The summed E-state index contributed by atoms with van der Waals surface area (Å²) in [6, 6.07) is 0. The summed E-state index contributed by atoms with van der Waals surface area (Å²) in [5.74, 6) is 0.190. The third-order valence-electron chi connectivity index (χ3n) is 17.6. The fourth-order valence-corrected chi connectivity index (χ4v) is 13.2. The maximum absolute atomic E-state index is 13.1. The Kier molecular flexibility index (Phi) is 65.2. The van der Waals surface area contributed by atoms with Crippen LogP contribution in [0.5, 0.6) is 0 Å². The molecule has 0 aliphatic rings. The lowest BCUT2D eigenvalue weighted by Gasteiger charge is -2.21. The van der Waals surface area contributed by atoms with Crippen molar-refractivity contribution in [1.82, 2.24) is 0 Å². The zero-order valence-electron chi connectivity index (χ0n) is 62.1. The number of ether oxygens (including phenoxy) is 4. The van der Waals surface area contributed by atoms with Crippen LogP contribution in [0.25, 0.3) is 0 Å². The lowest BCUT2D eigenvalue weighted by Crippen LogP contribution is -2.30. The predicted octanol–water partition coefficient (Wildman–Crippen LogP) is 22.2. The number of hydrogen-bond acceptors (Lipinski definition) is 15. The van der Waals surface area contributed by atoms with Crippen LogP contribution < -0.4 is 0 Å². The maximum Gasteiger partial charge on any atom is 0.472 e. The summed E-state index contributed by atoms with van der Waals surface area (Å²) in [5.41, 5.74) is 0. The van der Waals surface area contributed by atoms with E-state index in [-0.39, 0.29) is 25.7 Å². The fraction of sp³-hybridized carbons (Fsp3) is 0.947. The van der Waals surface area contributed by atoms with Crippen LogP contribution in [0.15, 0.2) is 0 Å². The minimum Gasteiger partial charge on any atom is -0.462 e. The van der Waals surface area contributed by atoms with Crippen molar-refractivity contribution in [1.29, 1.82) is 0 Å². The summed E-state index contributed by atoms with van der Waals surface area (Å²) in [6.07, 6.45) is 53.1. The van der Waals surface area contributed by atoms with Gasteiger partial charge in [-0.1, -0.05) is 337 Å². The highest BCUT2D eigenvalue weighted by Gasteiger charge is 2.30. The first-order valence-electron chi connectivity index (χ1n) is 39.3. The molecule has 95 heavy (non-hydrogen) atoms. The monoisotopic (exact) mass is 1400 g/mol. The molecule has 0 heterocycles. The third kappa shape index (κ3) is 70.3. The molecule has 19 heteroatoms. The van der Waals surface area contributed by atoms with Crippen LogP contribution in [0.3, 0.4) is 0 Å². The average molecular weight is 1400 g/mol. The Morgan fingerprint density at radius 2 is 0.484 bits per heavy atom. The molecule has 5 atom stereocenters. The summed E-state index contributed by atoms with van der Waals surface area (Å²) < 4.78 is 68.3. The molecule has 3 N–H and O–H groups in total. The highest BCUT2D eigenvalue weighted by atomic mass is 31.2. The van der Waals surface area contributed by atoms with Crippen molar-refractivity contribution in [2.45, 2.75) is 407 Å². The first kappa shape index (κ1) is 93.1. The van der Waals surface area contributed by atoms with Crippen LogP contribution in [0.1, 0.15) is 389 Å². The van der Waals surface area contributed by atoms with Crippen LogP contribution in [0.4, 0.5) is 0 Å². The molecule has 0 saturated carbocycles. The van der Waals surface area contributed by atoms with Crippen LogP contribution in [-0.4, -0.2) is 96.7 Å². The van der Waals surface area contributed by atoms with Gasteiger partial charge in [0.2, 0.25) is 0 Å². The summed E-state index contributed by atoms with van der Waals surface area (Å²) in [4.78, 5) is 72.6. The number of aliphatic hydroxyl groups excluding tert-OH is 1. The van der Waals surface area contributed by atoms with E-state index in [4.69, 9.17) is 37.0 Å². The number of aliphatic hydroxyl groups is 1. The summed E-state index contributed by atoms with van der Waals surface area (Å²) in [7, 11) is -9.90. The molecule has 0 radical (unpaired) electrons. The Morgan fingerprint density at radius 3 is 0.716 bits per heavy atom. The predicted molar refractivity (Wildman–Crippen MR) is 386 cm³/mol. The second kappa shape index (κ2) is 66.6. The summed E-state index contributed by atoms with van der Waals surface area (Å²) in [6.45, 7) is 11.8. The zero-order valence-corrected chi connectivity index (χ0v) is 63.9. The Labute approximate surface area is 581 Å². The summed E-state index contributed by atoms with van der Waals surface area (Å²) in [5, 5.41) is 10.6. The van der Waals surface area contributed by atoms with Crippen LogP contribution >= 0.6 is 15.6 Å². The highest BCUT2D eigenvalue weighted by molar-refractivity contribution is 7.47. The number of unbranched alkanes of at least 4 members (excludes halogenated alkanes) is 42. The average Bonchev–Trinajstić information content (AvgIpc) is 2.25. The number of phosphoric acid groups is 2. The van der Waals surface area contributed by atoms with Gasteiger partial charge in [-0.25, -0.2) is 9.13 Å². The minimum atomic E-state index is -4.96. The number of hydrogen-bond donors (Lipinski definition) is 3. The molecule has 0 saturated heterocycles. The van der Waals surface area contributed by atoms with Gasteiger partial charge >= 0.3 is 39.5 Å². The van der Waals surface area contributed by atoms with Crippen molar-refractivity contribution in [3.05, 3.63) is 0 Å². The van der Waals surface area contributed by atoms with E-state index in [2.05, 4.69) is 48.5 Å². The van der Waals surface area contributed by atoms with E-state index in [1.54, 1.807) is 0 Å². The molecule has 0 aromatic carbocycles. The molecule has 0 aromatic heterocycles. The third-order valence-corrected chi connectivity index (χ3v) is 19.5. The Bertz CT molecular complexity index is 1850. The lowest BCUT2D eigenvalue weighted by atomic mass is 10.0. The van der Waals surface area contributed by atoms with Crippen LogP contribution in [0.2, 0.25) is 0 Å². The largest absolute Gasteiger partial charge is 0.472 e. The van der Waals surface area contributed by atoms with Gasteiger partial charge in [-0.2, -0.15) is 0 Å². The minimum absolute atomic E-state index is 0.103. The molecule has 0 aromatic rings. The molecule has 2 unspecified atom stereocenters. The molecule has 0 aliphatic heterocycles. The molecular weight excluding hydrogens is 1250 g/mol. The van der Waals surface area contributed by atoms with Gasteiger partial charge < -0.3 is 33.8 Å². The Hall–Kier alpha value is -1.94. The van der Waals surface area contributed by atoms with Crippen molar-refractivity contribution >= 4 is 39.5 Å². The van der Waals surface area contributed by atoms with Gasteiger partial charge in [-0.15, -0.1) is 0 Å². The standard InChI is InChI=1S/C76H148O17P2/c1-8-9-10-11-33-43-50-57-73(78)86-63-71(93-76(81)60-53-46-39-32-36-42-49-56-69(6)7)65-90-94(82,83)88-61-70(77)62-89-95(84,85)91-66-72(64-87-74(79)58-51-44-37-30-26-22-19-18-21-25-29-35-41-48-55-68(4)5)92-75(80)59-52-45-38-31-27-23-17-15-13-12-14-16-20-24-28-34-40-47-54-67(2)3/h67-72,77H,8-66H2,1-7H3,(H,82,83)(H,84,85)/t70-,71+,72+/m0/s1. The van der Waals surface area contributed by atoms with Gasteiger partial charge in [0.15, 0.2) is 12.2 Å². The Morgan fingerprint density at radius 1 is 0.284 bits per heavy atom. The topological polar surface area (TPSA) is 237 Å². The van der Waals surface area contributed by atoms with E-state index in [1.165, 1.54) is 186 Å². The van der Waals surface area contributed by atoms with E-state index >= 15 is 0 Å². The molecule has 0 fully saturated rings. The molecule has 17 nitrogen and oxygen atoms in total. The number of esters is 4. The first-order valence-corrected chi connectivity index (χ1v) is 42.3. The molecule has 0 rings (SSSR count). The van der Waals surface area contributed by atoms with Crippen molar-refractivity contribution in [3.63, 3.8) is 0 Å². The van der Waals surface area contributed by atoms with E-state index in [0.717, 1.165) is 115 Å². The van der Waals surface area contributed by atoms with Gasteiger partial charge in [0, 0.05) is 25.7 Å². The fourth-order valence-electron chi connectivity index (χ4n) is 11.6. The van der Waals surface area contributed by atoms with Crippen LogP contribution in [0, 0.1) is 17.8 Å². The second-order valence-corrected chi connectivity index (χ2v) is 31.7. The van der Waals surface area contributed by atoms with Gasteiger partial charge in [-0.3, -0.25) is 37.3 Å². The van der Waals surface area contributed by atoms with Crippen molar-refractivity contribution in [2.24, 2.45) is 17.8 Å². The number of rotatable bonds is 74. The molecular formula is C76H148O17P2. The second-order valence-electron chi connectivity index (χ2n) is 28.8. The number of carbonyl (C=O) groups excluding carboxylic acids is 4. The maximum atomic E-state index is 13.1. The summed E-state index contributed by atoms with van der Waals surface area (Å²) >= 11 is 0. The van der Waals surface area contributed by atoms with E-state index in [1.807, 2.05) is 0 Å². The SMILES string of the molecule is CCCCCCCCCC(=O)OC[C@H](COP(=O)(O)OC[C@H](O)COP(=O)(O)OC[C@@H](COC(=O)CCCCCCCCCCCCCCCCC(C)C)OC(=O)CCCCCCCCCCCCCCCCCCCCC(C)C)OC(=O)CCCCCCCCCC(C)C. The lowest BCUT2D eigenvalue weighted by molar-refractivity contribution is -0.161. The molecule has 0 aliphatic carbocycles. The molecule has 564 valence electrons. The van der Waals surface area contributed by atoms with Gasteiger partial charge in [-0.05, 0) is 43.4 Å². The van der Waals surface area contributed by atoms with Crippen molar-refractivity contribution in [2.75, 3.05) is 39.6 Å². The zero-order chi connectivity index (χ0) is 70.1. The number of carbonyl (C=O) groups is 4. The van der Waals surface area contributed by atoms with E-state index < -0.39 is 97.5 Å². The molecule has 0 spiro atoms. The molecule has 0 bridgehead atoms. The smallest absolute Gasteiger partial charge is 0.462 e. The molecule has 0 amide bonds.